The second-order valence-electron chi connectivity index (χ2n) is 6.83. The SMILES string of the molecule is Cc1cccc([C@@H](C(=O)N2CC(N3CCOCC3)C2)N(C)C)c1. The number of hydrogen-bond acceptors (Lipinski definition) is 4. The molecule has 2 heterocycles. The predicted octanol–water partition coefficient (Wildman–Crippen LogP) is 1.14. The Bertz CT molecular complexity index is 549. The van der Waals surface area contributed by atoms with Crippen molar-refractivity contribution in [2.75, 3.05) is 53.5 Å². The maximum absolute atomic E-state index is 12.9. The number of benzene rings is 1. The molecule has 5 heteroatoms. The first-order valence-electron chi connectivity index (χ1n) is 8.40. The lowest BCUT2D eigenvalue weighted by atomic mass is 9.99. The Kier molecular flexibility index (Phi) is 4.99. The lowest BCUT2D eigenvalue weighted by Gasteiger charge is -2.48. The number of likely N-dealkylation sites (tertiary alicyclic amines) is 1. The quantitative estimate of drug-likeness (QED) is 0.834. The van der Waals surface area contributed by atoms with Gasteiger partial charge in [-0.05, 0) is 26.6 Å². The summed E-state index contributed by atoms with van der Waals surface area (Å²) in [6, 6.07) is 8.57. The van der Waals surface area contributed by atoms with Gasteiger partial charge in [-0.1, -0.05) is 29.8 Å². The van der Waals surface area contributed by atoms with Gasteiger partial charge < -0.3 is 9.64 Å². The largest absolute Gasteiger partial charge is 0.379 e. The summed E-state index contributed by atoms with van der Waals surface area (Å²) in [5.41, 5.74) is 2.27. The minimum Gasteiger partial charge on any atom is -0.379 e. The first kappa shape index (κ1) is 16.4. The van der Waals surface area contributed by atoms with Gasteiger partial charge in [-0.3, -0.25) is 14.6 Å². The van der Waals surface area contributed by atoms with E-state index in [0.29, 0.717) is 6.04 Å². The van der Waals surface area contributed by atoms with Gasteiger partial charge in [0, 0.05) is 32.2 Å². The third-order valence-electron chi connectivity index (χ3n) is 4.84. The molecule has 126 valence electrons. The molecule has 2 fully saturated rings. The zero-order valence-electron chi connectivity index (χ0n) is 14.4. The molecule has 23 heavy (non-hydrogen) atoms. The molecule has 5 nitrogen and oxygen atoms in total. The zero-order valence-corrected chi connectivity index (χ0v) is 14.4. The van der Waals surface area contributed by atoms with Gasteiger partial charge in [-0.25, -0.2) is 0 Å². The van der Waals surface area contributed by atoms with E-state index in [-0.39, 0.29) is 11.9 Å². The summed E-state index contributed by atoms with van der Waals surface area (Å²) in [5.74, 6) is 0.213. The van der Waals surface area contributed by atoms with E-state index in [1.165, 1.54) is 5.56 Å². The highest BCUT2D eigenvalue weighted by Crippen LogP contribution is 2.26. The zero-order chi connectivity index (χ0) is 16.4. The monoisotopic (exact) mass is 317 g/mol. The van der Waals surface area contributed by atoms with Crippen LogP contribution in [0.3, 0.4) is 0 Å². The maximum Gasteiger partial charge on any atom is 0.244 e. The van der Waals surface area contributed by atoms with Crippen molar-refractivity contribution < 1.29 is 9.53 Å². The Morgan fingerprint density at radius 2 is 1.96 bits per heavy atom. The lowest BCUT2D eigenvalue weighted by Crippen LogP contribution is -2.64. The normalized spacial score (nSPS) is 21.3. The molecule has 0 aromatic heterocycles. The maximum atomic E-state index is 12.9. The molecular formula is C18H27N3O2. The van der Waals surface area contributed by atoms with E-state index in [4.69, 9.17) is 4.74 Å². The van der Waals surface area contributed by atoms with Gasteiger partial charge in [0.05, 0.1) is 13.2 Å². The molecule has 3 rings (SSSR count). The van der Waals surface area contributed by atoms with E-state index in [2.05, 4.69) is 30.0 Å². The number of aryl methyl sites for hydroxylation is 1. The van der Waals surface area contributed by atoms with Crippen LogP contribution in [0.2, 0.25) is 0 Å². The average Bonchev–Trinajstić information content (AvgIpc) is 2.46. The van der Waals surface area contributed by atoms with Crippen LogP contribution in [-0.4, -0.2) is 80.1 Å². The fourth-order valence-corrected chi connectivity index (χ4v) is 3.48. The van der Waals surface area contributed by atoms with Gasteiger partial charge in [-0.2, -0.15) is 0 Å². The number of carbonyl (C=O) groups excluding carboxylic acids is 1. The smallest absolute Gasteiger partial charge is 0.244 e. The molecule has 0 spiro atoms. The van der Waals surface area contributed by atoms with Crippen LogP contribution < -0.4 is 0 Å². The Hall–Kier alpha value is -1.43. The molecule has 0 N–H and O–H groups in total. The summed E-state index contributed by atoms with van der Waals surface area (Å²) in [6.07, 6.45) is 0. The summed E-state index contributed by atoms with van der Waals surface area (Å²) in [6.45, 7) is 7.36. The number of amides is 1. The standard InChI is InChI=1S/C18H27N3O2/c1-14-5-4-6-15(11-14)17(19(2)3)18(22)21-12-16(13-21)20-7-9-23-10-8-20/h4-6,11,16-17H,7-10,12-13H2,1-3H3/t17-/m0/s1. The molecule has 0 bridgehead atoms. The summed E-state index contributed by atoms with van der Waals surface area (Å²) in [4.78, 5) is 19.4. The third-order valence-corrected chi connectivity index (χ3v) is 4.84. The van der Waals surface area contributed by atoms with Crippen molar-refractivity contribution >= 4 is 5.91 Å². The molecule has 1 aromatic rings. The van der Waals surface area contributed by atoms with E-state index in [0.717, 1.165) is 45.0 Å². The number of nitrogens with zero attached hydrogens (tertiary/aromatic N) is 3. The van der Waals surface area contributed by atoms with Crippen LogP contribution in [0.4, 0.5) is 0 Å². The molecule has 1 atom stereocenters. The van der Waals surface area contributed by atoms with Crippen LogP contribution >= 0.6 is 0 Å². The highest BCUT2D eigenvalue weighted by atomic mass is 16.5. The highest BCUT2D eigenvalue weighted by Gasteiger charge is 2.38. The Morgan fingerprint density at radius 3 is 2.57 bits per heavy atom. The first-order valence-corrected chi connectivity index (χ1v) is 8.40. The molecule has 0 radical (unpaired) electrons. The minimum atomic E-state index is -0.194. The van der Waals surface area contributed by atoms with Gasteiger partial charge in [0.1, 0.15) is 6.04 Å². The number of carbonyl (C=O) groups is 1. The van der Waals surface area contributed by atoms with E-state index >= 15 is 0 Å². The van der Waals surface area contributed by atoms with Crippen molar-refractivity contribution in [1.82, 2.24) is 14.7 Å². The van der Waals surface area contributed by atoms with E-state index in [1.807, 2.05) is 30.0 Å². The summed E-state index contributed by atoms with van der Waals surface area (Å²) >= 11 is 0. The summed E-state index contributed by atoms with van der Waals surface area (Å²) in [7, 11) is 3.95. The van der Waals surface area contributed by atoms with Crippen molar-refractivity contribution in [2.45, 2.75) is 19.0 Å². The second kappa shape index (κ2) is 6.99. The van der Waals surface area contributed by atoms with Crippen LogP contribution in [0.15, 0.2) is 24.3 Å². The van der Waals surface area contributed by atoms with E-state index in [1.54, 1.807) is 0 Å². The number of likely N-dealkylation sites (N-methyl/N-ethyl adjacent to an activating group) is 1. The number of morpholine rings is 1. The van der Waals surface area contributed by atoms with Gasteiger partial charge in [0.25, 0.3) is 0 Å². The van der Waals surface area contributed by atoms with Gasteiger partial charge in [0.2, 0.25) is 5.91 Å². The van der Waals surface area contributed by atoms with Crippen LogP contribution in [0.5, 0.6) is 0 Å². The van der Waals surface area contributed by atoms with Gasteiger partial charge in [-0.15, -0.1) is 0 Å². The molecule has 0 saturated carbocycles. The molecule has 0 aliphatic carbocycles. The number of hydrogen-bond donors (Lipinski definition) is 0. The van der Waals surface area contributed by atoms with Crippen molar-refractivity contribution in [3.63, 3.8) is 0 Å². The average molecular weight is 317 g/mol. The van der Waals surface area contributed by atoms with Crippen LogP contribution in [0, 0.1) is 6.92 Å². The number of ether oxygens (including phenoxy) is 1. The topological polar surface area (TPSA) is 36.0 Å². The van der Waals surface area contributed by atoms with Crippen LogP contribution in [-0.2, 0) is 9.53 Å². The lowest BCUT2D eigenvalue weighted by molar-refractivity contribution is -0.145. The Balaban J connectivity index is 1.64. The summed E-state index contributed by atoms with van der Waals surface area (Å²) in [5, 5.41) is 0. The van der Waals surface area contributed by atoms with Gasteiger partial charge in [0.15, 0.2) is 0 Å². The van der Waals surface area contributed by atoms with Crippen molar-refractivity contribution in [3.05, 3.63) is 35.4 Å². The molecular weight excluding hydrogens is 290 g/mol. The van der Waals surface area contributed by atoms with Crippen molar-refractivity contribution in [2.24, 2.45) is 0 Å². The first-order chi connectivity index (χ1) is 11.1. The molecule has 1 amide bonds. The summed E-state index contributed by atoms with van der Waals surface area (Å²) < 4.78 is 5.40. The number of rotatable bonds is 4. The molecule has 2 saturated heterocycles. The molecule has 2 aliphatic heterocycles. The van der Waals surface area contributed by atoms with Crippen molar-refractivity contribution in [3.8, 4) is 0 Å². The van der Waals surface area contributed by atoms with Crippen molar-refractivity contribution in [1.29, 1.82) is 0 Å². The molecule has 0 unspecified atom stereocenters. The Labute approximate surface area is 138 Å². The fourth-order valence-electron chi connectivity index (χ4n) is 3.48. The second-order valence-corrected chi connectivity index (χ2v) is 6.83. The van der Waals surface area contributed by atoms with E-state index < -0.39 is 0 Å². The fraction of sp³-hybridized carbons (Fsp3) is 0.611. The Morgan fingerprint density at radius 1 is 1.26 bits per heavy atom. The molecule has 1 aromatic carbocycles. The predicted molar refractivity (Wildman–Crippen MR) is 90.4 cm³/mol. The highest BCUT2D eigenvalue weighted by molar-refractivity contribution is 5.84. The third kappa shape index (κ3) is 3.57. The van der Waals surface area contributed by atoms with E-state index in [9.17, 15) is 4.79 Å². The van der Waals surface area contributed by atoms with Gasteiger partial charge >= 0.3 is 0 Å². The minimum absolute atomic E-state index is 0.194. The van der Waals surface area contributed by atoms with Crippen LogP contribution in [0.1, 0.15) is 17.2 Å². The van der Waals surface area contributed by atoms with Crippen LogP contribution in [0.25, 0.3) is 0 Å². The molecule has 2 aliphatic rings.